The van der Waals surface area contributed by atoms with Crippen LogP contribution in [-0.2, 0) is 14.3 Å². The van der Waals surface area contributed by atoms with Gasteiger partial charge in [0.1, 0.15) is 11.5 Å². The Morgan fingerprint density at radius 3 is 2.14 bits per heavy atom. The number of piperazine rings is 1. The maximum Gasteiger partial charge on any atom is 0.412 e. The van der Waals surface area contributed by atoms with Gasteiger partial charge in [-0.2, -0.15) is 0 Å². The molecule has 0 saturated carbocycles. The van der Waals surface area contributed by atoms with Crippen LogP contribution in [-0.4, -0.2) is 115 Å². The van der Waals surface area contributed by atoms with Crippen LogP contribution in [0.15, 0.2) is 30.7 Å². The standard InChI is InChI=1S/C17H17ClN6O3.C4H6O6/c1-22-6-8-23(9-7-22)17(26)27-16-14-13(19-4-5-20-14)15(25)24(16)12-3-2-11(18)10-21-12;5-1(3(7)8)2(6)4(9)10/h2-5,10,16H,6-9H2,1H3;1-2,5-6H,(H,7,8)(H,9,10)/t16-;1-,2-/m00/s1. The Morgan fingerprint density at radius 2 is 1.59 bits per heavy atom. The number of aromatic nitrogens is 3. The number of anilines is 1. The lowest BCUT2D eigenvalue weighted by Crippen LogP contribution is -2.48. The molecule has 4 heterocycles. The number of hydrogen-bond acceptors (Lipinski definition) is 11. The zero-order valence-electron chi connectivity index (χ0n) is 19.3. The summed E-state index contributed by atoms with van der Waals surface area (Å²) in [7, 11) is 2.00. The molecule has 2 amide bonds. The summed E-state index contributed by atoms with van der Waals surface area (Å²) in [6.45, 7) is 2.64. The van der Waals surface area contributed by atoms with Crippen LogP contribution < -0.4 is 4.90 Å². The van der Waals surface area contributed by atoms with Crippen LogP contribution in [0.25, 0.3) is 0 Å². The van der Waals surface area contributed by atoms with Crippen LogP contribution in [0.2, 0.25) is 5.02 Å². The fourth-order valence-corrected chi connectivity index (χ4v) is 3.42. The van der Waals surface area contributed by atoms with Gasteiger partial charge in [-0.05, 0) is 19.2 Å². The van der Waals surface area contributed by atoms with Gasteiger partial charge >= 0.3 is 18.0 Å². The summed E-state index contributed by atoms with van der Waals surface area (Å²) >= 11 is 5.89. The van der Waals surface area contributed by atoms with E-state index >= 15 is 0 Å². The maximum atomic E-state index is 12.8. The number of carboxylic acid groups (broad SMARTS) is 2. The number of rotatable bonds is 5. The molecular formula is C21H23ClN6O9. The summed E-state index contributed by atoms with van der Waals surface area (Å²) in [4.78, 5) is 62.6. The fourth-order valence-electron chi connectivity index (χ4n) is 3.31. The van der Waals surface area contributed by atoms with E-state index in [4.69, 9.17) is 36.8 Å². The lowest BCUT2D eigenvalue weighted by molar-refractivity contribution is -0.165. The van der Waals surface area contributed by atoms with Gasteiger partial charge in [-0.1, -0.05) is 11.6 Å². The van der Waals surface area contributed by atoms with Crippen molar-refractivity contribution >= 4 is 41.4 Å². The van der Waals surface area contributed by atoms with Crippen LogP contribution in [0, 0.1) is 0 Å². The van der Waals surface area contributed by atoms with E-state index in [0.29, 0.717) is 29.6 Å². The topological polar surface area (TPSA) is 207 Å². The molecule has 0 spiro atoms. The summed E-state index contributed by atoms with van der Waals surface area (Å²) in [6, 6.07) is 3.20. The van der Waals surface area contributed by atoms with Gasteiger partial charge in [-0.15, -0.1) is 0 Å². The quantitative estimate of drug-likeness (QED) is 0.377. The molecular weight excluding hydrogens is 516 g/mol. The first kappa shape index (κ1) is 27.7. The molecule has 2 aliphatic heterocycles. The number of aliphatic hydroxyl groups excluding tert-OH is 2. The molecule has 37 heavy (non-hydrogen) atoms. The number of fused-ring (bicyclic) bond motifs is 1. The Bertz CT molecular complexity index is 1140. The number of carboxylic acids is 2. The zero-order chi connectivity index (χ0) is 27.3. The van der Waals surface area contributed by atoms with Crippen LogP contribution in [0.5, 0.6) is 0 Å². The van der Waals surface area contributed by atoms with Gasteiger partial charge in [0.2, 0.25) is 6.23 Å². The average Bonchev–Trinajstić information content (AvgIpc) is 3.15. The number of aliphatic hydroxyl groups is 2. The SMILES string of the molecule is CN1CCN(C(=O)O[C@H]2c3nccnc3C(=O)N2c2ccc(Cl)cn2)CC1.O=C(O)[C@@H](O)[C@H](O)C(=O)O. The molecule has 198 valence electrons. The molecule has 3 atom stereocenters. The van der Waals surface area contributed by atoms with Crippen LogP contribution >= 0.6 is 11.6 Å². The van der Waals surface area contributed by atoms with Gasteiger partial charge in [0, 0.05) is 44.8 Å². The van der Waals surface area contributed by atoms with Crippen LogP contribution in [0.1, 0.15) is 22.4 Å². The summed E-state index contributed by atoms with van der Waals surface area (Å²) < 4.78 is 5.68. The molecule has 0 aliphatic carbocycles. The lowest BCUT2D eigenvalue weighted by atomic mass is 10.2. The van der Waals surface area contributed by atoms with E-state index in [1.807, 2.05) is 7.05 Å². The van der Waals surface area contributed by atoms with Crippen molar-refractivity contribution in [2.45, 2.75) is 18.4 Å². The van der Waals surface area contributed by atoms with Gasteiger partial charge < -0.3 is 35.0 Å². The largest absolute Gasteiger partial charge is 0.479 e. The van der Waals surface area contributed by atoms with Gasteiger partial charge in [-0.25, -0.2) is 29.3 Å². The molecule has 0 radical (unpaired) electrons. The predicted molar refractivity (Wildman–Crippen MR) is 124 cm³/mol. The number of ether oxygens (including phenoxy) is 1. The number of pyridine rings is 1. The molecule has 2 aromatic rings. The number of aliphatic carboxylic acids is 2. The molecule has 4 rings (SSSR count). The minimum atomic E-state index is -2.27. The molecule has 16 heteroatoms. The van der Waals surface area contributed by atoms with E-state index in [0.717, 1.165) is 13.1 Å². The summed E-state index contributed by atoms with van der Waals surface area (Å²) in [5, 5.41) is 33.0. The molecule has 0 unspecified atom stereocenters. The van der Waals surface area contributed by atoms with Crippen molar-refractivity contribution in [3.63, 3.8) is 0 Å². The summed E-state index contributed by atoms with van der Waals surface area (Å²) in [6.07, 6.45) is -1.75. The zero-order valence-corrected chi connectivity index (χ0v) is 20.1. The van der Waals surface area contributed by atoms with E-state index < -0.39 is 42.4 Å². The molecule has 1 fully saturated rings. The Hall–Kier alpha value is -3.92. The van der Waals surface area contributed by atoms with Crippen molar-refractivity contribution in [3.8, 4) is 0 Å². The van der Waals surface area contributed by atoms with Crippen LogP contribution in [0.3, 0.4) is 0 Å². The first-order valence-electron chi connectivity index (χ1n) is 10.7. The van der Waals surface area contributed by atoms with E-state index in [1.54, 1.807) is 17.0 Å². The third kappa shape index (κ3) is 6.45. The molecule has 0 aromatic carbocycles. The number of nitrogens with zero attached hydrogens (tertiary/aromatic N) is 6. The molecule has 2 aromatic heterocycles. The highest BCUT2D eigenvalue weighted by molar-refractivity contribution is 6.30. The molecule has 0 bridgehead atoms. The second kappa shape index (κ2) is 11.9. The molecule has 4 N–H and O–H groups in total. The molecule has 2 aliphatic rings. The highest BCUT2D eigenvalue weighted by Gasteiger charge is 2.44. The van der Waals surface area contributed by atoms with Crippen molar-refractivity contribution in [1.82, 2.24) is 24.8 Å². The lowest BCUT2D eigenvalue weighted by Gasteiger charge is -2.33. The highest BCUT2D eigenvalue weighted by Crippen LogP contribution is 2.35. The monoisotopic (exact) mass is 538 g/mol. The van der Waals surface area contributed by atoms with Gasteiger partial charge in [-0.3, -0.25) is 9.78 Å². The molecule has 1 saturated heterocycles. The van der Waals surface area contributed by atoms with Crippen molar-refractivity contribution in [2.75, 3.05) is 38.1 Å². The third-order valence-electron chi connectivity index (χ3n) is 5.35. The fraction of sp³-hybridized carbons (Fsp3) is 0.381. The number of halogens is 1. The van der Waals surface area contributed by atoms with E-state index in [-0.39, 0.29) is 5.69 Å². The smallest absolute Gasteiger partial charge is 0.412 e. The second-order valence-electron chi connectivity index (χ2n) is 7.89. The van der Waals surface area contributed by atoms with Gasteiger partial charge in [0.05, 0.1) is 5.02 Å². The van der Waals surface area contributed by atoms with Gasteiger partial charge in [0.15, 0.2) is 17.9 Å². The van der Waals surface area contributed by atoms with E-state index in [1.165, 1.54) is 23.5 Å². The number of hydrogen-bond donors (Lipinski definition) is 4. The third-order valence-corrected chi connectivity index (χ3v) is 5.58. The predicted octanol–water partition coefficient (Wildman–Crippen LogP) is -0.555. The number of carbonyl (C=O) groups excluding carboxylic acids is 2. The summed E-state index contributed by atoms with van der Waals surface area (Å²) in [5.74, 6) is -3.66. The van der Waals surface area contributed by atoms with Crippen molar-refractivity contribution in [1.29, 1.82) is 0 Å². The minimum Gasteiger partial charge on any atom is -0.479 e. The minimum absolute atomic E-state index is 0.144. The van der Waals surface area contributed by atoms with Crippen molar-refractivity contribution < 1.29 is 44.3 Å². The van der Waals surface area contributed by atoms with Crippen molar-refractivity contribution in [2.24, 2.45) is 0 Å². The molecule has 15 nitrogen and oxygen atoms in total. The highest BCUT2D eigenvalue weighted by atomic mass is 35.5. The van der Waals surface area contributed by atoms with Gasteiger partial charge in [0.25, 0.3) is 5.91 Å². The normalized spacial score (nSPS) is 18.8. The van der Waals surface area contributed by atoms with E-state index in [2.05, 4.69) is 19.9 Å². The average molecular weight is 539 g/mol. The van der Waals surface area contributed by atoms with Crippen LogP contribution in [0.4, 0.5) is 10.6 Å². The van der Waals surface area contributed by atoms with Crippen molar-refractivity contribution in [3.05, 3.63) is 47.1 Å². The number of likely N-dealkylation sites (N-methyl/N-ethyl adjacent to an activating group) is 1. The Balaban J connectivity index is 0.000000325. The maximum absolute atomic E-state index is 12.8. The number of carbonyl (C=O) groups is 4. The Labute approximate surface area is 214 Å². The second-order valence-corrected chi connectivity index (χ2v) is 8.33. The number of amides is 2. The summed E-state index contributed by atoms with van der Waals surface area (Å²) in [5.41, 5.74) is 0.437. The first-order chi connectivity index (χ1) is 17.5. The first-order valence-corrected chi connectivity index (χ1v) is 11.1. The Kier molecular flexibility index (Phi) is 8.88. The Morgan fingerprint density at radius 1 is 1.00 bits per heavy atom. The van der Waals surface area contributed by atoms with E-state index in [9.17, 15) is 19.2 Å².